The first-order valence-corrected chi connectivity index (χ1v) is 5.36. The van der Waals surface area contributed by atoms with Crippen molar-refractivity contribution in [2.75, 3.05) is 0 Å². The highest BCUT2D eigenvalue weighted by atomic mass is 16.1. The van der Waals surface area contributed by atoms with Gasteiger partial charge in [0.25, 0.3) is 0 Å². The first-order chi connectivity index (χ1) is 8.22. The summed E-state index contributed by atoms with van der Waals surface area (Å²) in [6.07, 6.45) is 5.15. The molecule has 2 heterocycles. The Morgan fingerprint density at radius 1 is 1.29 bits per heavy atom. The molecule has 2 rings (SSSR count). The summed E-state index contributed by atoms with van der Waals surface area (Å²) < 4.78 is 0. The minimum absolute atomic E-state index is 0.159. The van der Waals surface area contributed by atoms with Crippen LogP contribution >= 0.6 is 0 Å². The van der Waals surface area contributed by atoms with Crippen molar-refractivity contribution in [1.29, 1.82) is 0 Å². The van der Waals surface area contributed by atoms with E-state index in [4.69, 9.17) is 0 Å². The van der Waals surface area contributed by atoms with Gasteiger partial charge in [0.1, 0.15) is 5.69 Å². The Balaban J connectivity index is 2.47. The minimum Gasteiger partial charge on any atom is -0.287 e. The number of hydrogen-bond donors (Lipinski definition) is 0. The Kier molecular flexibility index (Phi) is 3.18. The molecule has 0 aromatic carbocycles. The van der Waals surface area contributed by atoms with Gasteiger partial charge in [0.2, 0.25) is 5.78 Å². The van der Waals surface area contributed by atoms with Gasteiger partial charge < -0.3 is 0 Å². The number of aryl methyl sites for hydroxylation is 2. The zero-order valence-electron chi connectivity index (χ0n) is 9.71. The molecule has 0 amide bonds. The maximum atomic E-state index is 12.2. The summed E-state index contributed by atoms with van der Waals surface area (Å²) in [5.74, 6) is -0.159. The summed E-state index contributed by atoms with van der Waals surface area (Å²) in [6, 6.07) is 1.74. The van der Waals surface area contributed by atoms with E-state index in [1.54, 1.807) is 13.0 Å². The predicted octanol–water partition coefficient (Wildman–Crippen LogP) is 1.37. The van der Waals surface area contributed by atoms with E-state index in [9.17, 15) is 4.79 Å². The summed E-state index contributed by atoms with van der Waals surface area (Å²) in [7, 11) is 0. The van der Waals surface area contributed by atoms with Gasteiger partial charge in [-0.25, -0.2) is 4.98 Å². The predicted molar refractivity (Wildman–Crippen MR) is 61.6 cm³/mol. The molecule has 0 atom stereocenters. The lowest BCUT2D eigenvalue weighted by Crippen LogP contribution is -2.10. The Bertz CT molecular complexity index is 539. The van der Waals surface area contributed by atoms with Crippen LogP contribution in [-0.4, -0.2) is 25.9 Å². The SMILES string of the molecule is CCc1nnc(C)cc1C(=O)c1cnccn1. The van der Waals surface area contributed by atoms with Gasteiger partial charge in [-0.2, -0.15) is 10.2 Å². The summed E-state index contributed by atoms with van der Waals surface area (Å²) in [5.41, 5.74) is 2.29. The second-order valence-electron chi connectivity index (χ2n) is 3.62. The summed E-state index contributed by atoms with van der Waals surface area (Å²) in [4.78, 5) is 20.1. The lowest BCUT2D eigenvalue weighted by molar-refractivity contribution is 0.103. The summed E-state index contributed by atoms with van der Waals surface area (Å²) in [5, 5.41) is 7.97. The molecule has 0 radical (unpaired) electrons. The molecule has 5 nitrogen and oxygen atoms in total. The fourth-order valence-electron chi connectivity index (χ4n) is 1.53. The first kappa shape index (κ1) is 11.3. The second kappa shape index (κ2) is 4.78. The second-order valence-corrected chi connectivity index (χ2v) is 3.62. The molecule has 0 spiro atoms. The zero-order valence-corrected chi connectivity index (χ0v) is 9.71. The van der Waals surface area contributed by atoms with Crippen LogP contribution in [0.1, 0.15) is 34.4 Å². The monoisotopic (exact) mass is 228 g/mol. The molecule has 5 heteroatoms. The van der Waals surface area contributed by atoms with E-state index in [-0.39, 0.29) is 5.78 Å². The average Bonchev–Trinajstić information content (AvgIpc) is 2.39. The van der Waals surface area contributed by atoms with Gasteiger partial charge in [-0.1, -0.05) is 6.92 Å². The highest BCUT2D eigenvalue weighted by molar-refractivity contribution is 6.08. The lowest BCUT2D eigenvalue weighted by Gasteiger charge is -2.05. The number of carbonyl (C=O) groups excluding carboxylic acids is 1. The van der Waals surface area contributed by atoms with Crippen molar-refractivity contribution in [1.82, 2.24) is 20.2 Å². The van der Waals surface area contributed by atoms with E-state index in [0.717, 1.165) is 5.69 Å². The molecule has 17 heavy (non-hydrogen) atoms. The van der Waals surface area contributed by atoms with Crippen LogP contribution in [0, 0.1) is 6.92 Å². The van der Waals surface area contributed by atoms with Gasteiger partial charge >= 0.3 is 0 Å². The van der Waals surface area contributed by atoms with E-state index in [0.29, 0.717) is 23.4 Å². The van der Waals surface area contributed by atoms with Crippen molar-refractivity contribution in [3.8, 4) is 0 Å². The van der Waals surface area contributed by atoms with Crippen molar-refractivity contribution < 1.29 is 4.79 Å². The topological polar surface area (TPSA) is 68.6 Å². The first-order valence-electron chi connectivity index (χ1n) is 5.36. The third-order valence-corrected chi connectivity index (χ3v) is 2.37. The van der Waals surface area contributed by atoms with Crippen LogP contribution in [0.15, 0.2) is 24.7 Å². The van der Waals surface area contributed by atoms with E-state index in [2.05, 4.69) is 20.2 Å². The maximum absolute atomic E-state index is 12.2. The highest BCUT2D eigenvalue weighted by Gasteiger charge is 2.15. The molecular weight excluding hydrogens is 216 g/mol. The number of ketones is 1. The van der Waals surface area contributed by atoms with E-state index >= 15 is 0 Å². The highest BCUT2D eigenvalue weighted by Crippen LogP contribution is 2.11. The third-order valence-electron chi connectivity index (χ3n) is 2.37. The van der Waals surface area contributed by atoms with Crippen LogP contribution in [0.3, 0.4) is 0 Å². The molecular formula is C12H12N4O. The largest absolute Gasteiger partial charge is 0.287 e. The van der Waals surface area contributed by atoms with Gasteiger partial charge in [-0.15, -0.1) is 0 Å². The van der Waals surface area contributed by atoms with Crippen LogP contribution in [0.2, 0.25) is 0 Å². The average molecular weight is 228 g/mol. The molecule has 86 valence electrons. The van der Waals surface area contributed by atoms with Gasteiger partial charge in [-0.3, -0.25) is 9.78 Å². The fraction of sp³-hybridized carbons (Fsp3) is 0.250. The molecule has 0 fully saturated rings. The Morgan fingerprint density at radius 2 is 2.12 bits per heavy atom. The smallest absolute Gasteiger partial charge is 0.214 e. The molecule has 2 aromatic rings. The van der Waals surface area contributed by atoms with Crippen LogP contribution in [-0.2, 0) is 6.42 Å². The zero-order chi connectivity index (χ0) is 12.3. The maximum Gasteiger partial charge on any atom is 0.214 e. The molecule has 2 aromatic heterocycles. The molecule has 0 N–H and O–H groups in total. The van der Waals surface area contributed by atoms with Crippen molar-refractivity contribution in [2.24, 2.45) is 0 Å². The third kappa shape index (κ3) is 2.33. The number of nitrogens with zero attached hydrogens (tertiary/aromatic N) is 4. The fourth-order valence-corrected chi connectivity index (χ4v) is 1.53. The Labute approximate surface area is 99.0 Å². The molecule has 0 saturated heterocycles. The number of aromatic nitrogens is 4. The quantitative estimate of drug-likeness (QED) is 0.742. The number of hydrogen-bond acceptors (Lipinski definition) is 5. The summed E-state index contributed by atoms with van der Waals surface area (Å²) in [6.45, 7) is 3.74. The molecule has 0 bridgehead atoms. The molecule has 0 aliphatic rings. The van der Waals surface area contributed by atoms with E-state index in [1.165, 1.54) is 18.6 Å². The van der Waals surface area contributed by atoms with Crippen molar-refractivity contribution in [2.45, 2.75) is 20.3 Å². The number of rotatable bonds is 3. The standard InChI is InChI=1S/C12H12N4O/c1-3-10-9(6-8(2)15-16-10)12(17)11-7-13-4-5-14-11/h4-7H,3H2,1-2H3. The lowest BCUT2D eigenvalue weighted by atomic mass is 10.1. The van der Waals surface area contributed by atoms with Gasteiger partial charge in [0.05, 0.1) is 17.6 Å². The normalized spacial score (nSPS) is 10.2. The minimum atomic E-state index is -0.159. The molecule has 0 saturated carbocycles. The van der Waals surface area contributed by atoms with Crippen LogP contribution in [0.5, 0.6) is 0 Å². The van der Waals surface area contributed by atoms with Crippen molar-refractivity contribution >= 4 is 5.78 Å². The molecule has 0 aliphatic carbocycles. The van der Waals surface area contributed by atoms with Crippen molar-refractivity contribution in [3.05, 3.63) is 47.3 Å². The van der Waals surface area contributed by atoms with Gasteiger partial charge in [0, 0.05) is 18.0 Å². The van der Waals surface area contributed by atoms with Crippen LogP contribution in [0.25, 0.3) is 0 Å². The van der Waals surface area contributed by atoms with Crippen LogP contribution in [0.4, 0.5) is 0 Å². The van der Waals surface area contributed by atoms with E-state index in [1.807, 2.05) is 6.92 Å². The Hall–Kier alpha value is -2.17. The number of carbonyl (C=O) groups is 1. The molecule has 0 unspecified atom stereocenters. The Morgan fingerprint density at radius 3 is 2.76 bits per heavy atom. The van der Waals surface area contributed by atoms with Crippen molar-refractivity contribution in [3.63, 3.8) is 0 Å². The van der Waals surface area contributed by atoms with Gasteiger partial charge in [0.15, 0.2) is 0 Å². The molecule has 0 aliphatic heterocycles. The van der Waals surface area contributed by atoms with Crippen LogP contribution < -0.4 is 0 Å². The van der Waals surface area contributed by atoms with E-state index < -0.39 is 0 Å². The van der Waals surface area contributed by atoms with Gasteiger partial charge in [-0.05, 0) is 19.4 Å². The summed E-state index contributed by atoms with van der Waals surface area (Å²) >= 11 is 0.